The van der Waals surface area contributed by atoms with Gasteiger partial charge >= 0.3 is 0 Å². The molecule has 0 fully saturated rings. The summed E-state index contributed by atoms with van der Waals surface area (Å²) in [5, 5.41) is 2.82. The number of aryl methyl sites for hydroxylation is 4. The van der Waals surface area contributed by atoms with Gasteiger partial charge in [0.15, 0.2) is 0 Å². The summed E-state index contributed by atoms with van der Waals surface area (Å²) in [6.45, 7) is 7.65. The fourth-order valence-electron chi connectivity index (χ4n) is 2.55. The normalized spacial score (nSPS) is 11.7. The Morgan fingerprint density at radius 1 is 1.00 bits per heavy atom. The smallest absolute Gasteiger partial charge is 0.263 e. The highest BCUT2D eigenvalue weighted by molar-refractivity contribution is 7.93. The van der Waals surface area contributed by atoms with Gasteiger partial charge in [-0.1, -0.05) is 6.07 Å². The first-order chi connectivity index (χ1) is 11.2. The molecule has 2 aromatic heterocycles. The van der Waals surface area contributed by atoms with Gasteiger partial charge in [0.2, 0.25) is 0 Å². The van der Waals surface area contributed by atoms with Gasteiger partial charge in [-0.3, -0.25) is 4.72 Å². The maximum absolute atomic E-state index is 12.8. The molecule has 0 radical (unpaired) electrons. The third-order valence-electron chi connectivity index (χ3n) is 3.47. The van der Waals surface area contributed by atoms with Crippen molar-refractivity contribution in [3.8, 4) is 9.88 Å². The van der Waals surface area contributed by atoms with Crippen molar-refractivity contribution in [1.82, 2.24) is 4.98 Å². The van der Waals surface area contributed by atoms with Gasteiger partial charge in [-0.2, -0.15) is 0 Å². The van der Waals surface area contributed by atoms with Crippen molar-refractivity contribution < 1.29 is 8.42 Å². The second-order valence-corrected chi connectivity index (χ2v) is 9.57. The molecule has 3 aromatic rings. The summed E-state index contributed by atoms with van der Waals surface area (Å²) in [6, 6.07) is 7.38. The number of thiophene rings is 1. The minimum Gasteiger partial charge on any atom is -0.280 e. The monoisotopic (exact) mass is 378 g/mol. The molecule has 1 N–H and O–H groups in total. The van der Waals surface area contributed by atoms with Crippen molar-refractivity contribution >= 4 is 38.4 Å². The van der Waals surface area contributed by atoms with Crippen molar-refractivity contribution in [2.45, 2.75) is 32.6 Å². The van der Waals surface area contributed by atoms with Crippen molar-refractivity contribution in [1.29, 1.82) is 0 Å². The number of nitrogens with zero attached hydrogens (tertiary/aromatic N) is 1. The maximum atomic E-state index is 12.8. The highest BCUT2D eigenvalue weighted by Gasteiger charge is 2.21. The molecule has 0 saturated carbocycles. The molecule has 0 amide bonds. The third kappa shape index (κ3) is 3.53. The Morgan fingerprint density at radius 2 is 1.67 bits per heavy atom. The SMILES string of the molecule is Cc1cc(C)cc(NS(=O)(=O)c2cc(-c3nc(C)cs3)sc2C)c1. The zero-order valence-corrected chi connectivity index (χ0v) is 16.3. The van der Waals surface area contributed by atoms with E-state index in [1.54, 1.807) is 6.07 Å². The number of anilines is 1. The van der Waals surface area contributed by atoms with Gasteiger partial charge in [0, 0.05) is 21.6 Å². The Labute approximate surface area is 150 Å². The molecular weight excluding hydrogens is 360 g/mol. The summed E-state index contributed by atoms with van der Waals surface area (Å²) in [6.07, 6.45) is 0. The van der Waals surface area contributed by atoms with Crippen LogP contribution >= 0.6 is 22.7 Å². The summed E-state index contributed by atoms with van der Waals surface area (Å²) >= 11 is 2.98. The quantitative estimate of drug-likeness (QED) is 0.702. The summed E-state index contributed by atoms with van der Waals surface area (Å²) in [7, 11) is -3.62. The third-order valence-corrected chi connectivity index (χ3v) is 7.28. The minimum absolute atomic E-state index is 0.314. The molecule has 24 heavy (non-hydrogen) atoms. The van der Waals surface area contributed by atoms with Crippen LogP contribution in [0.5, 0.6) is 0 Å². The van der Waals surface area contributed by atoms with Gasteiger partial charge < -0.3 is 0 Å². The lowest BCUT2D eigenvalue weighted by molar-refractivity contribution is 0.601. The summed E-state index contributed by atoms with van der Waals surface area (Å²) in [5.74, 6) is 0. The van der Waals surface area contributed by atoms with E-state index in [1.165, 1.54) is 22.7 Å². The number of nitrogens with one attached hydrogen (secondary N) is 1. The van der Waals surface area contributed by atoms with Crippen molar-refractivity contribution in [3.63, 3.8) is 0 Å². The zero-order chi connectivity index (χ0) is 17.5. The first kappa shape index (κ1) is 17.1. The van der Waals surface area contributed by atoms with Gasteiger partial charge in [0.05, 0.1) is 4.88 Å². The molecule has 4 nitrogen and oxygen atoms in total. The molecule has 0 unspecified atom stereocenters. The van der Waals surface area contributed by atoms with Crippen LogP contribution in [0.3, 0.4) is 0 Å². The first-order valence-corrected chi connectivity index (χ1v) is 10.6. The highest BCUT2D eigenvalue weighted by Crippen LogP contribution is 2.35. The van der Waals surface area contributed by atoms with Crippen LogP contribution in [0.2, 0.25) is 0 Å². The molecule has 0 saturated heterocycles. The summed E-state index contributed by atoms with van der Waals surface area (Å²) in [4.78, 5) is 6.39. The Morgan fingerprint density at radius 3 is 2.25 bits per heavy atom. The Hall–Kier alpha value is -1.70. The van der Waals surface area contributed by atoms with Crippen molar-refractivity contribution in [3.05, 3.63) is 51.3 Å². The van der Waals surface area contributed by atoms with Crippen molar-refractivity contribution in [2.75, 3.05) is 4.72 Å². The lowest BCUT2D eigenvalue weighted by Crippen LogP contribution is -2.13. The van der Waals surface area contributed by atoms with Crippen LogP contribution in [0.25, 0.3) is 9.88 Å². The Kier molecular flexibility index (Phi) is 4.50. The van der Waals surface area contributed by atoms with E-state index in [-0.39, 0.29) is 0 Å². The lowest BCUT2D eigenvalue weighted by atomic mass is 10.1. The van der Waals surface area contributed by atoms with E-state index in [9.17, 15) is 8.42 Å². The van der Waals surface area contributed by atoms with Crippen molar-refractivity contribution in [2.24, 2.45) is 0 Å². The molecule has 1 aromatic carbocycles. The van der Waals surface area contributed by atoms with Gasteiger partial charge in [0.25, 0.3) is 10.0 Å². The van der Waals surface area contributed by atoms with Crippen LogP contribution in [0, 0.1) is 27.7 Å². The Balaban J connectivity index is 1.96. The van der Waals surface area contributed by atoms with Gasteiger partial charge in [-0.05, 0) is 57.0 Å². The lowest BCUT2D eigenvalue weighted by Gasteiger charge is -2.09. The molecule has 2 heterocycles. The second kappa shape index (κ2) is 6.31. The van der Waals surface area contributed by atoms with E-state index in [0.717, 1.165) is 31.6 Å². The topological polar surface area (TPSA) is 59.1 Å². The van der Waals surface area contributed by atoms with Gasteiger partial charge in [-0.25, -0.2) is 13.4 Å². The number of aromatic nitrogens is 1. The molecule has 3 rings (SSSR count). The van der Waals surface area contributed by atoms with E-state index in [2.05, 4.69) is 9.71 Å². The number of rotatable bonds is 4. The fraction of sp³-hybridized carbons (Fsp3) is 0.235. The molecule has 0 bridgehead atoms. The van der Waals surface area contributed by atoms with Crippen LogP contribution in [-0.4, -0.2) is 13.4 Å². The predicted octanol–water partition coefficient (Wildman–Crippen LogP) is 4.91. The second-order valence-electron chi connectivity index (χ2n) is 5.81. The summed E-state index contributed by atoms with van der Waals surface area (Å²) in [5.41, 5.74) is 3.57. The molecular formula is C17H18N2O2S3. The van der Waals surface area contributed by atoms with Gasteiger partial charge in [-0.15, -0.1) is 22.7 Å². The number of benzene rings is 1. The van der Waals surface area contributed by atoms with E-state index < -0.39 is 10.0 Å². The Bertz CT molecular complexity index is 981. The first-order valence-electron chi connectivity index (χ1n) is 7.38. The predicted molar refractivity (Wildman–Crippen MR) is 102 cm³/mol. The molecule has 0 aliphatic heterocycles. The number of hydrogen-bond acceptors (Lipinski definition) is 5. The highest BCUT2D eigenvalue weighted by atomic mass is 32.2. The average Bonchev–Trinajstić information content (AvgIpc) is 3.03. The van der Waals surface area contributed by atoms with E-state index in [4.69, 9.17) is 0 Å². The van der Waals surface area contributed by atoms with E-state index in [0.29, 0.717) is 10.6 Å². The number of thiazole rings is 1. The van der Waals surface area contributed by atoms with Crippen LogP contribution in [0.1, 0.15) is 21.7 Å². The van der Waals surface area contributed by atoms with E-state index >= 15 is 0 Å². The van der Waals surface area contributed by atoms with Crippen LogP contribution in [0.4, 0.5) is 5.69 Å². The van der Waals surface area contributed by atoms with Gasteiger partial charge in [0.1, 0.15) is 9.90 Å². The number of hydrogen-bond donors (Lipinski definition) is 1. The molecule has 7 heteroatoms. The molecule has 0 aliphatic carbocycles. The van der Waals surface area contributed by atoms with Crippen LogP contribution < -0.4 is 4.72 Å². The molecule has 0 aliphatic rings. The minimum atomic E-state index is -3.62. The maximum Gasteiger partial charge on any atom is 0.263 e. The summed E-state index contributed by atoms with van der Waals surface area (Å²) < 4.78 is 28.2. The average molecular weight is 379 g/mol. The molecule has 126 valence electrons. The molecule has 0 atom stereocenters. The fourth-order valence-corrected chi connectivity index (χ4v) is 6.04. The van der Waals surface area contributed by atoms with Crippen LogP contribution in [-0.2, 0) is 10.0 Å². The van der Waals surface area contributed by atoms with Crippen LogP contribution in [0.15, 0.2) is 34.5 Å². The largest absolute Gasteiger partial charge is 0.280 e. The number of sulfonamides is 1. The molecule has 0 spiro atoms. The zero-order valence-electron chi connectivity index (χ0n) is 13.9. The standard InChI is InChI=1S/C17H18N2O2S3/c1-10-5-11(2)7-14(6-10)19-24(20,21)16-8-15(23-13(16)4)17-18-12(3)9-22-17/h5-9,19H,1-4H3. The van der Waals surface area contributed by atoms with E-state index in [1.807, 2.05) is 51.3 Å².